The van der Waals surface area contributed by atoms with Gasteiger partial charge >= 0.3 is 0 Å². The summed E-state index contributed by atoms with van der Waals surface area (Å²) < 4.78 is 0. The van der Waals surface area contributed by atoms with Crippen molar-refractivity contribution in [3.8, 4) is 6.07 Å². The molecule has 4 rings (SSSR count). The predicted octanol–water partition coefficient (Wildman–Crippen LogP) is 3.50. The Labute approximate surface area is 166 Å². The summed E-state index contributed by atoms with van der Waals surface area (Å²) in [5.41, 5.74) is 3.21. The first kappa shape index (κ1) is 18.6. The highest BCUT2D eigenvalue weighted by molar-refractivity contribution is 5.93. The molecule has 3 heterocycles. The lowest BCUT2D eigenvalue weighted by atomic mass is 9.97. The first-order valence-corrected chi connectivity index (χ1v) is 10.2. The third-order valence-electron chi connectivity index (χ3n) is 5.93. The number of nitrogens with zero attached hydrogens (tertiary/aromatic N) is 4. The fraction of sp³-hybridized carbons (Fsp3) is 0.435. The smallest absolute Gasteiger partial charge is 0.228 e. The fourth-order valence-corrected chi connectivity index (χ4v) is 4.31. The maximum absolute atomic E-state index is 12.3. The first-order chi connectivity index (χ1) is 13.7. The highest BCUT2D eigenvalue weighted by atomic mass is 16.2. The molecule has 1 amide bonds. The molecule has 2 fully saturated rings. The minimum absolute atomic E-state index is 0.202. The Bertz CT molecular complexity index is 871. The molecule has 0 saturated carbocycles. The Morgan fingerprint density at radius 1 is 1.14 bits per heavy atom. The van der Waals surface area contributed by atoms with Crippen LogP contribution in [0.2, 0.25) is 0 Å². The molecule has 0 bridgehead atoms. The Morgan fingerprint density at radius 3 is 2.79 bits per heavy atom. The number of anilines is 1. The number of carbonyl (C=O) groups is 1. The number of benzene rings is 1. The average Bonchev–Trinajstić information content (AvgIpc) is 3.22. The Morgan fingerprint density at radius 2 is 2.00 bits per heavy atom. The Balaban J connectivity index is 1.38. The van der Waals surface area contributed by atoms with Crippen molar-refractivity contribution in [2.75, 3.05) is 31.1 Å². The summed E-state index contributed by atoms with van der Waals surface area (Å²) in [5.74, 6) is 1.59. The van der Waals surface area contributed by atoms with Crippen molar-refractivity contribution in [2.24, 2.45) is 0 Å². The van der Waals surface area contributed by atoms with Gasteiger partial charge in [0, 0.05) is 32.3 Å². The summed E-state index contributed by atoms with van der Waals surface area (Å²) in [6, 6.07) is 14.3. The number of carbonyl (C=O) groups excluding carboxylic acids is 1. The van der Waals surface area contributed by atoms with Crippen LogP contribution in [0.4, 0.5) is 5.82 Å². The number of hydrogen-bond donors (Lipinski definition) is 0. The largest absolute Gasteiger partial charge is 0.302 e. The van der Waals surface area contributed by atoms with Crippen molar-refractivity contribution in [2.45, 2.75) is 38.0 Å². The van der Waals surface area contributed by atoms with E-state index < -0.39 is 0 Å². The first-order valence-electron chi connectivity index (χ1n) is 10.2. The van der Waals surface area contributed by atoms with E-state index in [-0.39, 0.29) is 5.91 Å². The quantitative estimate of drug-likeness (QED) is 0.804. The second kappa shape index (κ2) is 8.53. The van der Waals surface area contributed by atoms with Gasteiger partial charge in [0.15, 0.2) is 0 Å². The monoisotopic (exact) mass is 374 g/mol. The summed E-state index contributed by atoms with van der Waals surface area (Å²) >= 11 is 0. The van der Waals surface area contributed by atoms with Crippen LogP contribution in [0, 0.1) is 11.3 Å². The van der Waals surface area contributed by atoms with Gasteiger partial charge in [-0.25, -0.2) is 4.98 Å². The van der Waals surface area contributed by atoms with E-state index in [0.717, 1.165) is 63.2 Å². The molecule has 1 aromatic heterocycles. The molecular formula is C23H26N4O. The van der Waals surface area contributed by atoms with Gasteiger partial charge in [0.2, 0.25) is 5.91 Å². The second-order valence-corrected chi connectivity index (χ2v) is 7.76. The molecule has 2 aliphatic heterocycles. The number of aromatic nitrogens is 1. The van der Waals surface area contributed by atoms with Crippen molar-refractivity contribution in [1.82, 2.24) is 9.88 Å². The molecule has 2 saturated heterocycles. The number of nitriles is 1. The van der Waals surface area contributed by atoms with Crippen LogP contribution in [-0.2, 0) is 11.2 Å². The van der Waals surface area contributed by atoms with Gasteiger partial charge in [-0.3, -0.25) is 9.69 Å². The zero-order valence-electron chi connectivity index (χ0n) is 16.2. The summed E-state index contributed by atoms with van der Waals surface area (Å²) in [4.78, 5) is 21.2. The Hall–Kier alpha value is -2.71. The van der Waals surface area contributed by atoms with Crippen LogP contribution < -0.4 is 4.90 Å². The number of amides is 1. The van der Waals surface area contributed by atoms with Crippen molar-refractivity contribution in [1.29, 1.82) is 5.26 Å². The number of piperidine rings is 1. The zero-order chi connectivity index (χ0) is 19.3. The predicted molar refractivity (Wildman–Crippen MR) is 109 cm³/mol. The van der Waals surface area contributed by atoms with Crippen LogP contribution in [0.15, 0.2) is 42.6 Å². The lowest BCUT2D eigenvalue weighted by molar-refractivity contribution is -0.119. The number of pyridine rings is 1. The second-order valence-electron chi connectivity index (χ2n) is 7.76. The normalized spacial score (nSPS) is 20.3. The van der Waals surface area contributed by atoms with Gasteiger partial charge in [-0.2, -0.15) is 5.26 Å². The van der Waals surface area contributed by atoms with Crippen LogP contribution >= 0.6 is 0 Å². The SMILES string of the molecule is N#Cc1ccc(C2CCN(CCc3cccnc3N3CCCCC3=O)C2)cc1. The van der Waals surface area contributed by atoms with E-state index in [0.29, 0.717) is 12.3 Å². The summed E-state index contributed by atoms with van der Waals surface area (Å²) in [7, 11) is 0. The lowest BCUT2D eigenvalue weighted by Gasteiger charge is -2.28. The standard InChI is InChI=1S/C23H26N4O/c24-16-18-6-8-19(9-7-18)21-11-15-26(17-21)14-10-20-4-3-12-25-23(20)27-13-2-1-5-22(27)28/h3-4,6-9,12,21H,1-2,5,10-11,13-15,17H2. The third kappa shape index (κ3) is 4.07. The molecule has 2 aliphatic rings. The van der Waals surface area contributed by atoms with Crippen LogP contribution in [0.5, 0.6) is 0 Å². The van der Waals surface area contributed by atoms with Gasteiger partial charge in [0.1, 0.15) is 5.82 Å². The van der Waals surface area contributed by atoms with E-state index in [1.54, 1.807) is 6.20 Å². The van der Waals surface area contributed by atoms with Crippen molar-refractivity contribution in [3.63, 3.8) is 0 Å². The highest BCUT2D eigenvalue weighted by Crippen LogP contribution is 2.28. The molecule has 0 spiro atoms. The summed E-state index contributed by atoms with van der Waals surface area (Å²) in [6.45, 7) is 3.90. The molecule has 0 N–H and O–H groups in total. The van der Waals surface area contributed by atoms with Gasteiger partial charge in [-0.15, -0.1) is 0 Å². The molecular weight excluding hydrogens is 348 g/mol. The topological polar surface area (TPSA) is 60.2 Å². The van der Waals surface area contributed by atoms with Crippen LogP contribution in [0.1, 0.15) is 48.3 Å². The summed E-state index contributed by atoms with van der Waals surface area (Å²) in [6.07, 6.45) is 6.53. The highest BCUT2D eigenvalue weighted by Gasteiger charge is 2.25. The maximum atomic E-state index is 12.3. The number of rotatable bonds is 5. The molecule has 0 aliphatic carbocycles. The minimum atomic E-state index is 0.202. The fourth-order valence-electron chi connectivity index (χ4n) is 4.31. The molecule has 1 atom stereocenters. The average molecular weight is 374 g/mol. The molecule has 2 aromatic rings. The van der Waals surface area contributed by atoms with Crippen molar-refractivity contribution in [3.05, 3.63) is 59.3 Å². The van der Waals surface area contributed by atoms with E-state index in [2.05, 4.69) is 34.2 Å². The molecule has 1 aromatic carbocycles. The van der Waals surface area contributed by atoms with Crippen LogP contribution in [0.25, 0.3) is 0 Å². The van der Waals surface area contributed by atoms with Gasteiger partial charge in [0.05, 0.1) is 11.6 Å². The Kier molecular flexibility index (Phi) is 5.68. The minimum Gasteiger partial charge on any atom is -0.302 e. The molecule has 5 nitrogen and oxygen atoms in total. The summed E-state index contributed by atoms with van der Waals surface area (Å²) in [5, 5.41) is 8.96. The van der Waals surface area contributed by atoms with Crippen molar-refractivity contribution >= 4 is 11.7 Å². The molecule has 0 radical (unpaired) electrons. The number of hydrogen-bond acceptors (Lipinski definition) is 4. The molecule has 28 heavy (non-hydrogen) atoms. The zero-order valence-corrected chi connectivity index (χ0v) is 16.2. The third-order valence-corrected chi connectivity index (χ3v) is 5.93. The van der Waals surface area contributed by atoms with E-state index in [1.165, 1.54) is 11.1 Å². The molecule has 5 heteroatoms. The van der Waals surface area contributed by atoms with Crippen molar-refractivity contribution < 1.29 is 4.79 Å². The lowest BCUT2D eigenvalue weighted by Crippen LogP contribution is -2.36. The van der Waals surface area contributed by atoms with E-state index in [1.807, 2.05) is 23.1 Å². The number of likely N-dealkylation sites (tertiary alicyclic amines) is 1. The van der Waals surface area contributed by atoms with E-state index in [4.69, 9.17) is 5.26 Å². The van der Waals surface area contributed by atoms with Gasteiger partial charge in [-0.05, 0) is 67.5 Å². The van der Waals surface area contributed by atoms with Crippen LogP contribution in [0.3, 0.4) is 0 Å². The van der Waals surface area contributed by atoms with E-state index in [9.17, 15) is 4.79 Å². The van der Waals surface area contributed by atoms with Crippen LogP contribution in [-0.4, -0.2) is 42.0 Å². The van der Waals surface area contributed by atoms with Gasteiger partial charge in [-0.1, -0.05) is 18.2 Å². The van der Waals surface area contributed by atoms with Gasteiger partial charge < -0.3 is 4.90 Å². The van der Waals surface area contributed by atoms with Gasteiger partial charge in [0.25, 0.3) is 0 Å². The molecule has 144 valence electrons. The van der Waals surface area contributed by atoms with E-state index >= 15 is 0 Å². The maximum Gasteiger partial charge on any atom is 0.228 e. The molecule has 1 unspecified atom stereocenters.